The zero-order chi connectivity index (χ0) is 11.0. The molecule has 16 heavy (non-hydrogen) atoms. The van der Waals surface area contributed by atoms with Crippen molar-refractivity contribution in [3.05, 3.63) is 0 Å². The van der Waals surface area contributed by atoms with Crippen molar-refractivity contribution in [2.24, 2.45) is 5.73 Å². The Morgan fingerprint density at radius 2 is 1.94 bits per heavy atom. The summed E-state index contributed by atoms with van der Waals surface area (Å²) in [4.78, 5) is 0. The minimum absolute atomic E-state index is 0.282. The van der Waals surface area contributed by atoms with Crippen LogP contribution in [-0.4, -0.2) is 48.8 Å². The lowest BCUT2D eigenvalue weighted by atomic mass is 9.90. The van der Waals surface area contributed by atoms with Gasteiger partial charge in [0, 0.05) is 24.1 Å². The average Bonchev–Trinajstić information content (AvgIpc) is 2.66. The van der Waals surface area contributed by atoms with Gasteiger partial charge in [0.15, 0.2) is 5.79 Å². The minimum Gasteiger partial charge on any atom is -0.379 e. The molecule has 2 heterocycles. The van der Waals surface area contributed by atoms with E-state index in [0.29, 0.717) is 10.5 Å². The highest BCUT2D eigenvalue weighted by Gasteiger charge is 2.45. The molecule has 0 radical (unpaired) electrons. The van der Waals surface area contributed by atoms with Gasteiger partial charge < -0.3 is 19.9 Å². The zero-order valence-corrected chi connectivity index (χ0v) is 10.2. The first-order valence-electron chi connectivity index (χ1n) is 6.04. The monoisotopic (exact) mass is 245 g/mol. The van der Waals surface area contributed by atoms with E-state index < -0.39 is 0 Å². The average molecular weight is 245 g/mol. The van der Waals surface area contributed by atoms with Gasteiger partial charge in [0.1, 0.15) is 0 Å². The highest BCUT2D eigenvalue weighted by molar-refractivity contribution is 8.00. The highest BCUT2D eigenvalue weighted by atomic mass is 32.2. The molecule has 1 spiro atoms. The van der Waals surface area contributed by atoms with Crippen LogP contribution in [-0.2, 0) is 14.2 Å². The maximum atomic E-state index is 6.18. The van der Waals surface area contributed by atoms with Crippen LogP contribution in [0.1, 0.15) is 19.3 Å². The normalized spacial score (nSPS) is 38.8. The van der Waals surface area contributed by atoms with Crippen LogP contribution in [0.4, 0.5) is 0 Å². The zero-order valence-electron chi connectivity index (χ0n) is 9.39. The summed E-state index contributed by atoms with van der Waals surface area (Å²) in [6, 6.07) is 0.282. The molecule has 2 saturated heterocycles. The van der Waals surface area contributed by atoms with Crippen LogP contribution in [0.5, 0.6) is 0 Å². The highest BCUT2D eigenvalue weighted by Crippen LogP contribution is 2.41. The van der Waals surface area contributed by atoms with E-state index in [1.165, 1.54) is 0 Å². The molecule has 4 nitrogen and oxygen atoms in total. The molecule has 1 aliphatic carbocycles. The van der Waals surface area contributed by atoms with E-state index in [4.69, 9.17) is 19.9 Å². The van der Waals surface area contributed by atoms with Crippen molar-refractivity contribution in [3.63, 3.8) is 0 Å². The molecule has 3 fully saturated rings. The first-order valence-corrected chi connectivity index (χ1v) is 6.98. The fourth-order valence-electron chi connectivity index (χ4n) is 2.58. The van der Waals surface area contributed by atoms with Crippen LogP contribution >= 0.6 is 11.8 Å². The summed E-state index contributed by atoms with van der Waals surface area (Å²) >= 11 is 1.97. The van der Waals surface area contributed by atoms with Gasteiger partial charge in [-0.05, 0) is 6.42 Å². The van der Waals surface area contributed by atoms with Crippen molar-refractivity contribution in [1.29, 1.82) is 0 Å². The third-order valence-corrected chi connectivity index (χ3v) is 5.16. The lowest BCUT2D eigenvalue weighted by Crippen LogP contribution is -2.49. The van der Waals surface area contributed by atoms with Gasteiger partial charge in [0.25, 0.3) is 0 Å². The smallest absolute Gasteiger partial charge is 0.169 e. The van der Waals surface area contributed by atoms with Gasteiger partial charge in [-0.2, -0.15) is 0 Å². The molecular weight excluding hydrogens is 226 g/mol. The first-order chi connectivity index (χ1) is 7.77. The summed E-state index contributed by atoms with van der Waals surface area (Å²) in [6.45, 7) is 3.23. The first kappa shape index (κ1) is 11.3. The summed E-state index contributed by atoms with van der Waals surface area (Å²) in [7, 11) is 0. The fourth-order valence-corrected chi connectivity index (χ4v) is 4.11. The Labute approximate surface area is 100 Å². The van der Waals surface area contributed by atoms with Gasteiger partial charge in [-0.15, -0.1) is 11.8 Å². The predicted octanol–water partition coefficient (Wildman–Crippen LogP) is 0.741. The van der Waals surface area contributed by atoms with E-state index in [-0.39, 0.29) is 11.8 Å². The second-order valence-corrected chi connectivity index (χ2v) is 6.39. The maximum absolute atomic E-state index is 6.18. The van der Waals surface area contributed by atoms with E-state index in [9.17, 15) is 0 Å². The van der Waals surface area contributed by atoms with E-state index >= 15 is 0 Å². The second kappa shape index (κ2) is 4.46. The molecular formula is C11H19NO3S. The van der Waals surface area contributed by atoms with Crippen LogP contribution < -0.4 is 5.73 Å². The lowest BCUT2D eigenvalue weighted by Gasteiger charge is -2.41. The van der Waals surface area contributed by atoms with Gasteiger partial charge in [-0.1, -0.05) is 0 Å². The molecule has 5 heteroatoms. The van der Waals surface area contributed by atoms with Crippen LogP contribution in [0, 0.1) is 0 Å². The molecule has 3 aliphatic rings. The van der Waals surface area contributed by atoms with E-state index in [1.807, 2.05) is 11.8 Å². The van der Waals surface area contributed by atoms with Crippen LogP contribution in [0.3, 0.4) is 0 Å². The van der Waals surface area contributed by atoms with Crippen molar-refractivity contribution in [2.45, 2.75) is 41.6 Å². The molecule has 3 rings (SSSR count). The van der Waals surface area contributed by atoms with Gasteiger partial charge in [0.2, 0.25) is 0 Å². The van der Waals surface area contributed by atoms with Gasteiger partial charge in [-0.3, -0.25) is 0 Å². The summed E-state index contributed by atoms with van der Waals surface area (Å²) < 4.78 is 16.7. The third kappa shape index (κ3) is 2.11. The molecule has 0 aromatic heterocycles. The summed E-state index contributed by atoms with van der Waals surface area (Å²) in [5, 5.41) is 1.09. The largest absolute Gasteiger partial charge is 0.379 e. The van der Waals surface area contributed by atoms with Crippen molar-refractivity contribution in [3.8, 4) is 0 Å². The van der Waals surface area contributed by atoms with Crippen molar-refractivity contribution >= 4 is 11.8 Å². The molecule has 92 valence electrons. The summed E-state index contributed by atoms with van der Waals surface area (Å²) in [5.74, 6) is -0.307. The number of rotatable bonds is 2. The molecule has 0 bridgehead atoms. The van der Waals surface area contributed by atoms with Crippen molar-refractivity contribution in [1.82, 2.24) is 0 Å². The molecule has 1 saturated carbocycles. The van der Waals surface area contributed by atoms with Gasteiger partial charge >= 0.3 is 0 Å². The molecule has 2 atom stereocenters. The third-order valence-electron chi connectivity index (χ3n) is 3.64. The van der Waals surface area contributed by atoms with Gasteiger partial charge in [-0.25, -0.2) is 0 Å². The number of hydrogen-bond donors (Lipinski definition) is 1. The maximum Gasteiger partial charge on any atom is 0.169 e. The summed E-state index contributed by atoms with van der Waals surface area (Å²) in [5.41, 5.74) is 6.18. The number of ether oxygens (including phenoxy) is 3. The Morgan fingerprint density at radius 3 is 2.56 bits per heavy atom. The molecule has 0 aromatic rings. The second-order valence-electron chi connectivity index (χ2n) is 4.85. The Hall–Kier alpha value is 0.190. The minimum atomic E-state index is -0.307. The van der Waals surface area contributed by atoms with Crippen LogP contribution in [0.2, 0.25) is 0 Å². The SMILES string of the molecule is NC1CCC2(CC1SC1COC1)OCCO2. The number of thioether (sulfide) groups is 1. The number of nitrogens with two attached hydrogens (primary N) is 1. The van der Waals surface area contributed by atoms with E-state index in [0.717, 1.165) is 45.7 Å². The summed E-state index contributed by atoms with van der Waals surface area (Å²) in [6.07, 6.45) is 2.90. The van der Waals surface area contributed by atoms with Gasteiger partial charge in [0.05, 0.1) is 31.7 Å². The lowest BCUT2D eigenvalue weighted by molar-refractivity contribution is -0.177. The van der Waals surface area contributed by atoms with Crippen LogP contribution in [0.25, 0.3) is 0 Å². The van der Waals surface area contributed by atoms with E-state index in [1.54, 1.807) is 0 Å². The quantitative estimate of drug-likeness (QED) is 0.777. The number of hydrogen-bond acceptors (Lipinski definition) is 5. The Bertz CT molecular complexity index is 254. The molecule has 2 unspecified atom stereocenters. The molecule has 2 aliphatic heterocycles. The van der Waals surface area contributed by atoms with Crippen LogP contribution in [0.15, 0.2) is 0 Å². The van der Waals surface area contributed by atoms with Crippen molar-refractivity contribution in [2.75, 3.05) is 26.4 Å². The molecule has 0 amide bonds. The van der Waals surface area contributed by atoms with E-state index in [2.05, 4.69) is 0 Å². The molecule has 2 N–H and O–H groups in total. The fraction of sp³-hybridized carbons (Fsp3) is 1.00. The standard InChI is InChI=1S/C11H19NO3S/c12-9-1-2-11(14-3-4-15-11)5-10(9)16-8-6-13-7-8/h8-10H,1-7,12H2. The Balaban J connectivity index is 1.61. The molecule has 0 aromatic carbocycles. The predicted molar refractivity (Wildman–Crippen MR) is 62.4 cm³/mol. The topological polar surface area (TPSA) is 53.7 Å². The Morgan fingerprint density at radius 1 is 1.19 bits per heavy atom. The Kier molecular flexibility index (Phi) is 3.15. The van der Waals surface area contributed by atoms with Crippen molar-refractivity contribution < 1.29 is 14.2 Å².